The van der Waals surface area contributed by atoms with Crippen molar-refractivity contribution in [2.45, 2.75) is 26.3 Å². The lowest BCUT2D eigenvalue weighted by molar-refractivity contribution is -1.02. The Bertz CT molecular complexity index is 928. The lowest BCUT2D eigenvalue weighted by atomic mass is 10.0. The maximum atomic E-state index is 11.0. The van der Waals surface area contributed by atoms with Gasteiger partial charge >= 0.3 is 0 Å². The van der Waals surface area contributed by atoms with E-state index in [0.29, 0.717) is 6.61 Å². The second-order valence-electron chi connectivity index (χ2n) is 7.42. The van der Waals surface area contributed by atoms with Crippen LogP contribution in [-0.4, -0.2) is 59.5 Å². The van der Waals surface area contributed by atoms with Crippen LogP contribution in [0.3, 0.4) is 0 Å². The lowest BCUT2D eigenvalue weighted by Crippen LogP contribution is -3.27. The molecule has 1 aliphatic heterocycles. The fourth-order valence-electron chi connectivity index (χ4n) is 3.91. The summed E-state index contributed by atoms with van der Waals surface area (Å²) >= 11 is 1.55. The summed E-state index contributed by atoms with van der Waals surface area (Å²) in [6, 6.07) is 8.37. The van der Waals surface area contributed by atoms with Crippen LogP contribution in [0.25, 0.3) is 4.96 Å². The topological polar surface area (TPSA) is 68.5 Å². The molecule has 1 atom stereocenters. The van der Waals surface area contributed by atoms with Crippen molar-refractivity contribution in [2.24, 2.45) is 0 Å². The molecule has 3 heterocycles. The Balaban J connectivity index is 1.74. The Morgan fingerprint density at radius 3 is 2.50 bits per heavy atom. The Morgan fingerprint density at radius 1 is 1.18 bits per heavy atom. The van der Waals surface area contributed by atoms with Crippen molar-refractivity contribution >= 4 is 16.3 Å². The first-order chi connectivity index (χ1) is 13.6. The fraction of sp³-hybridized carbons (Fsp3) is 0.500. The van der Waals surface area contributed by atoms with Crippen molar-refractivity contribution in [2.75, 3.05) is 39.8 Å². The number of ether oxygens (including phenoxy) is 1. The number of fused-ring (bicyclic) bond motifs is 1. The molecule has 28 heavy (non-hydrogen) atoms. The Kier molecular flexibility index (Phi) is 5.52. The molecule has 0 radical (unpaired) electrons. The zero-order valence-electron chi connectivity index (χ0n) is 16.7. The van der Waals surface area contributed by atoms with Gasteiger partial charge in [-0.25, -0.2) is 4.98 Å². The molecule has 1 aliphatic rings. The molecule has 150 valence electrons. The van der Waals surface area contributed by atoms with E-state index in [1.54, 1.807) is 20.8 Å². The third kappa shape index (κ3) is 3.59. The van der Waals surface area contributed by atoms with Crippen LogP contribution in [-0.2, 0) is 6.42 Å². The minimum Gasteiger partial charge on any atom is -0.494 e. The Morgan fingerprint density at radius 2 is 1.89 bits per heavy atom. The molecule has 2 aromatic heterocycles. The number of likely N-dealkylation sites (N-methyl/N-ethyl adjacent to an activating group) is 1. The minimum atomic E-state index is 0.0716. The van der Waals surface area contributed by atoms with Crippen LogP contribution < -0.4 is 14.5 Å². The quantitative estimate of drug-likeness (QED) is 0.540. The van der Waals surface area contributed by atoms with Gasteiger partial charge in [-0.2, -0.15) is 4.52 Å². The average molecular weight is 404 g/mol. The standard InChI is InChI=1S/C20H27N5O2S/c1-4-16-21-20-25(22-16)19(26)18(28-20)17(24-12-10-23(3)11-13-24)14-6-8-15(9-7-14)27-5-2/h6-9,17,26H,4-5,10-13H2,1-3H3/p+2/t17-/m1/s1. The number of piperazine rings is 1. The van der Waals surface area contributed by atoms with Crippen molar-refractivity contribution in [1.82, 2.24) is 14.6 Å². The largest absolute Gasteiger partial charge is 0.494 e. The van der Waals surface area contributed by atoms with Gasteiger partial charge in [-0.3, -0.25) is 0 Å². The van der Waals surface area contributed by atoms with Crippen LogP contribution >= 0.6 is 11.3 Å². The van der Waals surface area contributed by atoms with Crippen LogP contribution in [0.15, 0.2) is 24.3 Å². The summed E-state index contributed by atoms with van der Waals surface area (Å²) < 4.78 is 7.21. The van der Waals surface area contributed by atoms with Crippen LogP contribution in [0.1, 0.15) is 36.2 Å². The summed E-state index contributed by atoms with van der Waals surface area (Å²) in [5.74, 6) is 1.87. The van der Waals surface area contributed by atoms with Crippen molar-refractivity contribution < 1.29 is 19.6 Å². The molecule has 8 heteroatoms. The summed E-state index contributed by atoms with van der Waals surface area (Å²) in [5.41, 5.74) is 1.19. The highest BCUT2D eigenvalue weighted by atomic mass is 32.1. The van der Waals surface area contributed by atoms with Gasteiger partial charge in [0.25, 0.3) is 0 Å². The zero-order valence-corrected chi connectivity index (χ0v) is 17.6. The highest BCUT2D eigenvalue weighted by Gasteiger charge is 2.35. The van der Waals surface area contributed by atoms with Crippen LogP contribution in [0, 0.1) is 0 Å². The fourth-order valence-corrected chi connectivity index (χ4v) is 5.07. The van der Waals surface area contributed by atoms with E-state index in [9.17, 15) is 5.11 Å². The van der Waals surface area contributed by atoms with Gasteiger partial charge in [0.1, 0.15) is 36.8 Å². The first kappa shape index (κ1) is 19.2. The second-order valence-corrected chi connectivity index (χ2v) is 8.43. The molecule has 1 saturated heterocycles. The molecule has 3 aromatic rings. The van der Waals surface area contributed by atoms with E-state index in [0.717, 1.165) is 54.0 Å². The van der Waals surface area contributed by atoms with E-state index in [4.69, 9.17) is 4.74 Å². The van der Waals surface area contributed by atoms with E-state index < -0.39 is 0 Å². The summed E-state index contributed by atoms with van der Waals surface area (Å²) in [6.07, 6.45) is 0.762. The number of thiazole rings is 1. The second kappa shape index (κ2) is 8.06. The summed E-state index contributed by atoms with van der Waals surface area (Å²) in [6.45, 7) is 9.06. The number of aryl methyl sites for hydroxylation is 1. The molecular formula is C20H29N5O2S+2. The highest BCUT2D eigenvalue weighted by molar-refractivity contribution is 7.17. The molecule has 0 bridgehead atoms. The lowest BCUT2D eigenvalue weighted by Gasteiger charge is -2.33. The monoisotopic (exact) mass is 403 g/mol. The number of benzene rings is 1. The number of quaternary nitrogens is 2. The number of hydrogen-bond acceptors (Lipinski definition) is 5. The van der Waals surface area contributed by atoms with Crippen LogP contribution in [0.2, 0.25) is 0 Å². The van der Waals surface area contributed by atoms with Gasteiger partial charge in [0, 0.05) is 12.0 Å². The molecule has 4 rings (SSSR count). The predicted octanol–water partition coefficient (Wildman–Crippen LogP) is -0.0399. The van der Waals surface area contributed by atoms with E-state index in [1.807, 2.05) is 26.0 Å². The summed E-state index contributed by atoms with van der Waals surface area (Å²) in [4.78, 5) is 9.31. The number of nitrogens with one attached hydrogen (secondary N) is 2. The van der Waals surface area contributed by atoms with Gasteiger partial charge < -0.3 is 19.6 Å². The Labute approximate surface area is 169 Å². The first-order valence-corrected chi connectivity index (χ1v) is 10.9. The highest BCUT2D eigenvalue weighted by Crippen LogP contribution is 2.35. The summed E-state index contributed by atoms with van der Waals surface area (Å²) in [5, 5.41) is 15.4. The van der Waals surface area contributed by atoms with Gasteiger partial charge in [-0.15, -0.1) is 5.10 Å². The normalized spacial score (nSPS) is 21.1. The maximum absolute atomic E-state index is 11.0. The minimum absolute atomic E-state index is 0.0716. The Hall–Kier alpha value is -2.16. The molecule has 1 fully saturated rings. The van der Waals surface area contributed by atoms with E-state index in [-0.39, 0.29) is 11.9 Å². The zero-order chi connectivity index (χ0) is 19.7. The number of aromatic nitrogens is 3. The van der Waals surface area contributed by atoms with Gasteiger partial charge in [0.2, 0.25) is 10.8 Å². The summed E-state index contributed by atoms with van der Waals surface area (Å²) in [7, 11) is 2.25. The third-order valence-corrected chi connectivity index (χ3v) is 6.59. The van der Waals surface area contributed by atoms with E-state index in [2.05, 4.69) is 29.3 Å². The van der Waals surface area contributed by atoms with Crippen molar-refractivity contribution in [3.63, 3.8) is 0 Å². The van der Waals surface area contributed by atoms with Crippen LogP contribution in [0.4, 0.5) is 0 Å². The van der Waals surface area contributed by atoms with Crippen LogP contribution in [0.5, 0.6) is 11.6 Å². The van der Waals surface area contributed by atoms with Gasteiger partial charge in [0.15, 0.2) is 11.9 Å². The number of aromatic hydroxyl groups is 1. The molecule has 0 amide bonds. The number of rotatable bonds is 6. The molecule has 0 aliphatic carbocycles. The van der Waals surface area contributed by atoms with E-state index in [1.165, 1.54) is 10.5 Å². The molecule has 0 saturated carbocycles. The van der Waals surface area contributed by atoms with Crippen molar-refractivity contribution in [3.05, 3.63) is 40.5 Å². The van der Waals surface area contributed by atoms with E-state index >= 15 is 0 Å². The van der Waals surface area contributed by atoms with Gasteiger partial charge in [0.05, 0.1) is 13.7 Å². The predicted molar refractivity (Wildman–Crippen MR) is 109 cm³/mol. The number of hydrogen-bond donors (Lipinski definition) is 3. The molecule has 0 unspecified atom stereocenters. The molecule has 3 N–H and O–H groups in total. The number of nitrogens with zero attached hydrogens (tertiary/aromatic N) is 3. The van der Waals surface area contributed by atoms with Gasteiger partial charge in [-0.05, 0) is 31.2 Å². The molecular weight excluding hydrogens is 374 g/mol. The molecule has 1 aromatic carbocycles. The molecule has 0 spiro atoms. The van der Waals surface area contributed by atoms with Gasteiger partial charge in [-0.1, -0.05) is 18.3 Å². The average Bonchev–Trinajstić information content (AvgIpc) is 3.24. The molecule has 7 nitrogen and oxygen atoms in total. The van der Waals surface area contributed by atoms with Crippen molar-refractivity contribution in [1.29, 1.82) is 0 Å². The van der Waals surface area contributed by atoms with Crippen molar-refractivity contribution in [3.8, 4) is 11.6 Å². The SMILES string of the molecule is CCOc1ccc([C@H](c2sc3nc(CC)nn3c2O)[NH+]2CC[NH+](C)CC2)cc1. The third-order valence-electron chi connectivity index (χ3n) is 5.50. The maximum Gasteiger partial charge on any atom is 0.235 e. The smallest absolute Gasteiger partial charge is 0.235 e. The first-order valence-electron chi connectivity index (χ1n) is 10.1.